The summed E-state index contributed by atoms with van der Waals surface area (Å²) >= 11 is 0. The van der Waals surface area contributed by atoms with Crippen molar-refractivity contribution >= 4 is 23.3 Å². The molecule has 1 fully saturated rings. The molecule has 30 heavy (non-hydrogen) atoms. The molecule has 0 bridgehead atoms. The van der Waals surface area contributed by atoms with Gasteiger partial charge in [-0.1, -0.05) is 0 Å². The lowest BCUT2D eigenvalue weighted by Crippen LogP contribution is -2.50. The zero-order valence-corrected chi connectivity index (χ0v) is 16.4. The topological polar surface area (TPSA) is 69.7 Å². The highest BCUT2D eigenvalue weighted by atomic mass is 19.1. The molecule has 1 saturated heterocycles. The summed E-state index contributed by atoms with van der Waals surface area (Å²) < 4.78 is 25.8. The van der Waals surface area contributed by atoms with Crippen LogP contribution in [-0.4, -0.2) is 60.1 Å². The highest BCUT2D eigenvalue weighted by Crippen LogP contribution is 2.11. The van der Waals surface area contributed by atoms with Crippen LogP contribution in [0.25, 0.3) is 0 Å². The number of hydrogen-bond acceptors (Lipinski definition) is 4. The lowest BCUT2D eigenvalue weighted by atomic mass is 10.1. The molecule has 0 unspecified atom stereocenters. The van der Waals surface area contributed by atoms with Crippen molar-refractivity contribution in [1.82, 2.24) is 9.80 Å². The van der Waals surface area contributed by atoms with Gasteiger partial charge in [-0.15, -0.1) is 0 Å². The fourth-order valence-electron chi connectivity index (χ4n) is 3.25. The summed E-state index contributed by atoms with van der Waals surface area (Å²) in [6, 6.07) is 10.8. The Balaban J connectivity index is 1.38. The summed E-state index contributed by atoms with van der Waals surface area (Å²) in [5.41, 5.74) is 0.919. The van der Waals surface area contributed by atoms with E-state index in [1.54, 1.807) is 4.90 Å². The minimum Gasteiger partial charge on any atom is -0.340 e. The highest BCUT2D eigenvalue weighted by Gasteiger charge is 2.23. The monoisotopic (exact) mass is 415 g/mol. The van der Waals surface area contributed by atoms with Gasteiger partial charge >= 0.3 is 0 Å². The van der Waals surface area contributed by atoms with Crippen molar-refractivity contribution in [2.75, 3.05) is 38.0 Å². The summed E-state index contributed by atoms with van der Waals surface area (Å²) in [6.45, 7) is 2.24. The first-order valence-corrected chi connectivity index (χ1v) is 9.75. The van der Waals surface area contributed by atoms with E-state index in [9.17, 15) is 23.2 Å². The Morgan fingerprint density at radius 1 is 0.800 bits per heavy atom. The zero-order valence-electron chi connectivity index (χ0n) is 16.4. The fourth-order valence-corrected chi connectivity index (χ4v) is 3.25. The van der Waals surface area contributed by atoms with Gasteiger partial charge in [0.1, 0.15) is 11.6 Å². The second kappa shape index (κ2) is 10.1. The first-order valence-electron chi connectivity index (χ1n) is 9.75. The predicted octanol–water partition coefficient (Wildman–Crippen LogP) is 2.71. The first-order chi connectivity index (χ1) is 14.4. The zero-order chi connectivity index (χ0) is 21.5. The molecule has 6 nitrogen and oxygen atoms in total. The van der Waals surface area contributed by atoms with Gasteiger partial charge in [-0.2, -0.15) is 0 Å². The number of carbonyl (C=O) groups excluding carboxylic acids is 3. The number of nitrogens with one attached hydrogen (secondary N) is 1. The van der Waals surface area contributed by atoms with Crippen molar-refractivity contribution in [2.45, 2.75) is 12.8 Å². The predicted molar refractivity (Wildman–Crippen MR) is 108 cm³/mol. The van der Waals surface area contributed by atoms with Crippen LogP contribution in [0.5, 0.6) is 0 Å². The van der Waals surface area contributed by atoms with Gasteiger partial charge in [0.2, 0.25) is 11.8 Å². The largest absolute Gasteiger partial charge is 0.340 e. The van der Waals surface area contributed by atoms with Crippen LogP contribution in [0.3, 0.4) is 0 Å². The maximum absolute atomic E-state index is 12.9. The Morgan fingerprint density at radius 2 is 1.37 bits per heavy atom. The molecule has 3 rings (SSSR count). The van der Waals surface area contributed by atoms with E-state index in [-0.39, 0.29) is 42.8 Å². The highest BCUT2D eigenvalue weighted by molar-refractivity contribution is 5.98. The van der Waals surface area contributed by atoms with E-state index >= 15 is 0 Å². The number of carbonyl (C=O) groups is 3. The van der Waals surface area contributed by atoms with E-state index in [4.69, 9.17) is 0 Å². The van der Waals surface area contributed by atoms with E-state index < -0.39 is 5.82 Å². The lowest BCUT2D eigenvalue weighted by molar-refractivity contribution is -0.133. The Kier molecular flexibility index (Phi) is 7.24. The van der Waals surface area contributed by atoms with E-state index in [1.807, 2.05) is 4.90 Å². The quantitative estimate of drug-likeness (QED) is 0.706. The molecule has 0 aromatic heterocycles. The Hall–Kier alpha value is -3.13. The molecule has 0 saturated carbocycles. The smallest absolute Gasteiger partial charge is 0.238 e. The average molecular weight is 415 g/mol. The summed E-state index contributed by atoms with van der Waals surface area (Å²) in [4.78, 5) is 40.2. The van der Waals surface area contributed by atoms with Crippen LogP contribution in [0, 0.1) is 11.6 Å². The maximum Gasteiger partial charge on any atom is 0.238 e. The number of hydrogen-bond donors (Lipinski definition) is 1. The molecule has 1 heterocycles. The molecule has 8 heteroatoms. The van der Waals surface area contributed by atoms with Gasteiger partial charge in [0.05, 0.1) is 6.54 Å². The molecule has 2 aromatic rings. The molecule has 0 radical (unpaired) electrons. The van der Waals surface area contributed by atoms with Crippen molar-refractivity contribution in [3.05, 3.63) is 65.7 Å². The van der Waals surface area contributed by atoms with Crippen LogP contribution in [0.2, 0.25) is 0 Å². The van der Waals surface area contributed by atoms with E-state index in [0.717, 1.165) is 0 Å². The Morgan fingerprint density at radius 3 is 1.97 bits per heavy atom. The van der Waals surface area contributed by atoms with Gasteiger partial charge in [0.25, 0.3) is 0 Å². The molecule has 2 amide bonds. The van der Waals surface area contributed by atoms with Gasteiger partial charge in [-0.3, -0.25) is 19.3 Å². The number of halogens is 2. The molecular formula is C22H23F2N3O3. The van der Waals surface area contributed by atoms with Crippen LogP contribution in [0.15, 0.2) is 48.5 Å². The van der Waals surface area contributed by atoms with Gasteiger partial charge < -0.3 is 10.2 Å². The number of rotatable bonds is 7. The van der Waals surface area contributed by atoms with Crippen molar-refractivity contribution in [2.24, 2.45) is 0 Å². The van der Waals surface area contributed by atoms with Crippen molar-refractivity contribution in [3.63, 3.8) is 0 Å². The molecule has 0 atom stereocenters. The summed E-state index contributed by atoms with van der Waals surface area (Å²) in [6.07, 6.45) is 0.173. The van der Waals surface area contributed by atoms with Crippen LogP contribution in [0.1, 0.15) is 23.2 Å². The molecule has 2 aromatic carbocycles. The Labute approximate surface area is 173 Å². The van der Waals surface area contributed by atoms with Gasteiger partial charge in [0.15, 0.2) is 5.78 Å². The van der Waals surface area contributed by atoms with Gasteiger partial charge in [-0.05, 0) is 48.5 Å². The molecule has 1 aliphatic rings. The van der Waals surface area contributed by atoms with Crippen LogP contribution in [-0.2, 0) is 9.59 Å². The second-order valence-corrected chi connectivity index (χ2v) is 7.14. The molecule has 158 valence electrons. The average Bonchev–Trinajstić information content (AvgIpc) is 2.74. The number of anilines is 1. The van der Waals surface area contributed by atoms with Crippen LogP contribution >= 0.6 is 0 Å². The van der Waals surface area contributed by atoms with Gasteiger partial charge in [-0.25, -0.2) is 8.78 Å². The molecule has 0 spiro atoms. The first kappa shape index (κ1) is 21.6. The molecule has 1 aliphatic heterocycles. The van der Waals surface area contributed by atoms with Crippen molar-refractivity contribution in [1.29, 1.82) is 0 Å². The normalized spacial score (nSPS) is 14.4. The van der Waals surface area contributed by atoms with Crippen LogP contribution < -0.4 is 5.32 Å². The summed E-state index contributed by atoms with van der Waals surface area (Å²) in [5.74, 6) is -1.29. The molecule has 1 N–H and O–H groups in total. The van der Waals surface area contributed by atoms with Crippen molar-refractivity contribution < 1.29 is 23.2 Å². The lowest BCUT2D eigenvalue weighted by Gasteiger charge is -2.34. The third-order valence-corrected chi connectivity index (χ3v) is 4.95. The standard InChI is InChI=1S/C22H23F2N3O3/c23-17-3-1-16(2-4-17)20(28)9-10-22(30)27-13-11-26(12-14-27)15-21(29)25-19-7-5-18(24)6-8-19/h1-8H,9-15H2,(H,25,29). The second-order valence-electron chi connectivity index (χ2n) is 7.14. The number of benzene rings is 2. The van der Waals surface area contributed by atoms with E-state index in [0.29, 0.717) is 37.4 Å². The number of piperazine rings is 1. The summed E-state index contributed by atoms with van der Waals surface area (Å²) in [5, 5.41) is 2.71. The van der Waals surface area contributed by atoms with E-state index in [2.05, 4.69) is 5.32 Å². The van der Waals surface area contributed by atoms with Crippen molar-refractivity contribution in [3.8, 4) is 0 Å². The fraction of sp³-hybridized carbons (Fsp3) is 0.318. The number of ketones is 1. The van der Waals surface area contributed by atoms with Gasteiger partial charge in [0, 0.05) is 50.3 Å². The third-order valence-electron chi connectivity index (χ3n) is 4.95. The SMILES string of the molecule is O=C(CN1CCN(C(=O)CCC(=O)c2ccc(F)cc2)CC1)Nc1ccc(F)cc1. The van der Waals surface area contributed by atoms with E-state index in [1.165, 1.54) is 48.5 Å². The number of amides is 2. The third kappa shape index (κ3) is 6.18. The Bertz CT molecular complexity index is 893. The summed E-state index contributed by atoms with van der Waals surface area (Å²) in [7, 11) is 0. The number of Topliss-reactive ketones (excluding diaryl/α,β-unsaturated/α-hetero) is 1. The minimum absolute atomic E-state index is 0.0742. The maximum atomic E-state index is 12.9. The molecular weight excluding hydrogens is 392 g/mol. The molecule has 0 aliphatic carbocycles. The number of nitrogens with zero attached hydrogens (tertiary/aromatic N) is 2. The minimum atomic E-state index is -0.410. The van der Waals surface area contributed by atoms with Crippen LogP contribution in [0.4, 0.5) is 14.5 Å².